The van der Waals surface area contributed by atoms with Crippen LogP contribution in [0.2, 0.25) is 10.0 Å². The average Bonchev–Trinajstić information content (AvgIpc) is 3.02. The van der Waals surface area contributed by atoms with Gasteiger partial charge < -0.3 is 9.84 Å². The zero-order valence-corrected chi connectivity index (χ0v) is 17.6. The third kappa shape index (κ3) is 5.84. The van der Waals surface area contributed by atoms with Crippen molar-refractivity contribution in [3.63, 3.8) is 0 Å². The summed E-state index contributed by atoms with van der Waals surface area (Å²) in [6, 6.07) is 14.4. The van der Waals surface area contributed by atoms with E-state index in [0.29, 0.717) is 28.8 Å². The van der Waals surface area contributed by atoms with E-state index in [1.807, 2.05) is 23.1 Å². The Morgan fingerprint density at radius 1 is 1.11 bits per heavy atom. The molecule has 152 valence electrons. The van der Waals surface area contributed by atoms with E-state index in [0.717, 1.165) is 5.56 Å². The van der Waals surface area contributed by atoms with Crippen LogP contribution >= 0.6 is 23.2 Å². The number of ether oxygens (including phenoxy) is 1. The third-order valence-corrected chi connectivity index (χ3v) is 7.20. The van der Waals surface area contributed by atoms with E-state index in [9.17, 15) is 13.5 Å². The summed E-state index contributed by atoms with van der Waals surface area (Å²) in [5.74, 6) is 0.766. The predicted octanol–water partition coefficient (Wildman–Crippen LogP) is 3.42. The Hall–Kier alpha value is -1.31. The van der Waals surface area contributed by atoms with Crippen LogP contribution in [0.4, 0.5) is 0 Å². The van der Waals surface area contributed by atoms with Gasteiger partial charge in [0.05, 0.1) is 16.5 Å². The molecule has 0 spiro atoms. The van der Waals surface area contributed by atoms with E-state index in [2.05, 4.69) is 0 Å². The molecule has 0 radical (unpaired) electrons. The zero-order valence-electron chi connectivity index (χ0n) is 15.3. The second-order valence-electron chi connectivity index (χ2n) is 6.97. The molecule has 0 bridgehead atoms. The fourth-order valence-corrected chi connectivity index (χ4v) is 5.47. The van der Waals surface area contributed by atoms with Crippen LogP contribution in [0.1, 0.15) is 12.0 Å². The van der Waals surface area contributed by atoms with Crippen molar-refractivity contribution in [2.24, 2.45) is 0 Å². The van der Waals surface area contributed by atoms with Crippen LogP contribution in [0.5, 0.6) is 5.75 Å². The van der Waals surface area contributed by atoms with Crippen LogP contribution in [0.15, 0.2) is 48.5 Å². The molecule has 2 aromatic rings. The zero-order chi connectivity index (χ0) is 20.1. The van der Waals surface area contributed by atoms with E-state index < -0.39 is 15.9 Å². The fourth-order valence-electron chi connectivity index (χ4n) is 3.32. The smallest absolute Gasteiger partial charge is 0.151 e. The first-order chi connectivity index (χ1) is 13.3. The van der Waals surface area contributed by atoms with Crippen LogP contribution in [-0.4, -0.2) is 55.2 Å². The van der Waals surface area contributed by atoms with Gasteiger partial charge >= 0.3 is 0 Å². The molecule has 0 aliphatic carbocycles. The van der Waals surface area contributed by atoms with Crippen LogP contribution in [0.25, 0.3) is 0 Å². The van der Waals surface area contributed by atoms with Gasteiger partial charge in [-0.3, -0.25) is 4.90 Å². The van der Waals surface area contributed by atoms with Gasteiger partial charge in [0, 0.05) is 24.2 Å². The molecular weight excluding hydrogens is 421 g/mol. The Bertz CT molecular complexity index is 907. The number of halogens is 2. The van der Waals surface area contributed by atoms with E-state index in [1.54, 1.807) is 30.3 Å². The molecule has 0 aromatic heterocycles. The van der Waals surface area contributed by atoms with Crippen LogP contribution in [-0.2, 0) is 16.4 Å². The van der Waals surface area contributed by atoms with Crippen molar-refractivity contribution in [3.8, 4) is 5.75 Å². The summed E-state index contributed by atoms with van der Waals surface area (Å²) in [5.41, 5.74) is 0.896. The summed E-state index contributed by atoms with van der Waals surface area (Å²) in [4.78, 5) is 1.98. The molecule has 1 heterocycles. The van der Waals surface area contributed by atoms with Gasteiger partial charge in [-0.05, 0) is 30.2 Å². The molecule has 1 fully saturated rings. The number of benzene rings is 2. The number of nitrogens with zero attached hydrogens (tertiary/aromatic N) is 1. The van der Waals surface area contributed by atoms with Gasteiger partial charge in [-0.2, -0.15) is 0 Å². The number of rotatable bonds is 8. The maximum atomic E-state index is 11.9. The van der Waals surface area contributed by atoms with E-state index in [4.69, 9.17) is 27.9 Å². The SMILES string of the molecule is O=S1(=O)CCC(N(Cc2ccccc2Cl)CC(O)COc2ccccc2Cl)C1. The monoisotopic (exact) mass is 443 g/mol. The highest BCUT2D eigenvalue weighted by Gasteiger charge is 2.33. The number of aliphatic hydroxyl groups excluding tert-OH is 1. The largest absolute Gasteiger partial charge is 0.489 e. The summed E-state index contributed by atoms with van der Waals surface area (Å²) in [6.07, 6.45) is -0.257. The first kappa shape index (κ1) is 21.4. The lowest BCUT2D eigenvalue weighted by Gasteiger charge is -2.30. The molecule has 1 aliphatic heterocycles. The minimum atomic E-state index is -3.04. The van der Waals surface area contributed by atoms with Crippen molar-refractivity contribution in [1.82, 2.24) is 4.90 Å². The van der Waals surface area contributed by atoms with Gasteiger partial charge in [0.15, 0.2) is 9.84 Å². The van der Waals surface area contributed by atoms with Crippen molar-refractivity contribution in [2.75, 3.05) is 24.7 Å². The average molecular weight is 444 g/mol. The highest BCUT2D eigenvalue weighted by atomic mass is 35.5. The standard InChI is InChI=1S/C20H23Cl2NO4S/c21-18-6-2-1-5-15(18)11-23(16-9-10-28(25,26)14-16)12-17(24)13-27-20-8-4-3-7-19(20)22/h1-8,16-17,24H,9-14H2. The lowest BCUT2D eigenvalue weighted by Crippen LogP contribution is -2.42. The Balaban J connectivity index is 1.68. The normalized spacial score (nSPS) is 19.6. The minimum absolute atomic E-state index is 0.0578. The van der Waals surface area contributed by atoms with E-state index in [-0.39, 0.29) is 30.7 Å². The Labute approximate surface area is 175 Å². The topological polar surface area (TPSA) is 66.8 Å². The number of para-hydroxylation sites is 1. The van der Waals surface area contributed by atoms with Crippen molar-refractivity contribution in [2.45, 2.75) is 25.1 Å². The quantitative estimate of drug-likeness (QED) is 0.676. The Kier molecular flexibility index (Phi) is 7.23. The Morgan fingerprint density at radius 3 is 2.43 bits per heavy atom. The first-order valence-electron chi connectivity index (χ1n) is 9.07. The molecule has 0 saturated carbocycles. The highest BCUT2D eigenvalue weighted by molar-refractivity contribution is 7.91. The second kappa shape index (κ2) is 9.46. The number of hydrogen-bond acceptors (Lipinski definition) is 5. The van der Waals surface area contributed by atoms with Gasteiger partial charge in [-0.1, -0.05) is 53.5 Å². The van der Waals surface area contributed by atoms with Gasteiger partial charge in [0.25, 0.3) is 0 Å². The van der Waals surface area contributed by atoms with Crippen molar-refractivity contribution in [3.05, 3.63) is 64.1 Å². The lowest BCUT2D eigenvalue weighted by molar-refractivity contribution is 0.0525. The molecule has 2 unspecified atom stereocenters. The van der Waals surface area contributed by atoms with Gasteiger partial charge in [0.1, 0.15) is 18.5 Å². The van der Waals surface area contributed by atoms with E-state index in [1.165, 1.54) is 0 Å². The lowest BCUT2D eigenvalue weighted by atomic mass is 10.1. The summed E-state index contributed by atoms with van der Waals surface area (Å²) < 4.78 is 29.5. The highest BCUT2D eigenvalue weighted by Crippen LogP contribution is 2.25. The minimum Gasteiger partial charge on any atom is -0.489 e. The molecular formula is C20H23Cl2NO4S. The van der Waals surface area contributed by atoms with Crippen molar-refractivity contribution >= 4 is 33.0 Å². The van der Waals surface area contributed by atoms with E-state index >= 15 is 0 Å². The molecule has 1 aliphatic rings. The van der Waals surface area contributed by atoms with Crippen molar-refractivity contribution < 1.29 is 18.3 Å². The van der Waals surface area contributed by atoms with Crippen LogP contribution in [0.3, 0.4) is 0 Å². The first-order valence-corrected chi connectivity index (χ1v) is 11.6. The van der Waals surface area contributed by atoms with Crippen LogP contribution < -0.4 is 4.74 Å². The summed E-state index contributed by atoms with van der Waals surface area (Å²) >= 11 is 12.4. The molecule has 0 amide bonds. The summed E-state index contributed by atoms with van der Waals surface area (Å²) in [7, 11) is -3.04. The Morgan fingerprint density at radius 2 is 1.79 bits per heavy atom. The van der Waals surface area contributed by atoms with Gasteiger partial charge in [-0.25, -0.2) is 8.42 Å². The fraction of sp³-hybridized carbons (Fsp3) is 0.400. The van der Waals surface area contributed by atoms with Crippen LogP contribution in [0, 0.1) is 0 Å². The number of hydrogen-bond donors (Lipinski definition) is 1. The number of aliphatic hydroxyl groups is 1. The molecule has 2 atom stereocenters. The maximum absolute atomic E-state index is 11.9. The molecule has 2 aromatic carbocycles. The molecule has 8 heteroatoms. The molecule has 3 rings (SSSR count). The van der Waals surface area contributed by atoms with Crippen molar-refractivity contribution in [1.29, 1.82) is 0 Å². The van der Waals surface area contributed by atoms with Gasteiger partial charge in [-0.15, -0.1) is 0 Å². The molecule has 1 N–H and O–H groups in total. The molecule has 28 heavy (non-hydrogen) atoms. The molecule has 5 nitrogen and oxygen atoms in total. The predicted molar refractivity (Wildman–Crippen MR) is 112 cm³/mol. The summed E-state index contributed by atoms with van der Waals surface area (Å²) in [6.45, 7) is 0.793. The summed E-state index contributed by atoms with van der Waals surface area (Å²) in [5, 5.41) is 11.6. The van der Waals surface area contributed by atoms with Gasteiger partial charge in [0.2, 0.25) is 0 Å². The molecule has 1 saturated heterocycles. The third-order valence-electron chi connectivity index (χ3n) is 4.77. The second-order valence-corrected chi connectivity index (χ2v) is 10.0. The number of sulfone groups is 1. The maximum Gasteiger partial charge on any atom is 0.151 e.